The fourth-order valence-electron chi connectivity index (χ4n) is 4.13. The molecule has 0 heterocycles. The van der Waals surface area contributed by atoms with Crippen molar-refractivity contribution in [2.24, 2.45) is 0 Å². The molecule has 0 saturated carbocycles. The Hall–Kier alpha value is -1.67. The standard InChI is InChI=1S/C29H55NO7/c1-6-8-10-11-12-13-14-15-16-17-18-20-28(32)37-25(24-36-27(31)19-9-7-2)23-35-22-21-26(29(33)34)30(3,4)5/h25-26H,6-24H2,1-5H3/p+1. The molecule has 0 radical (unpaired) electrons. The van der Waals surface area contributed by atoms with Crippen molar-refractivity contribution < 1.29 is 38.2 Å². The summed E-state index contributed by atoms with van der Waals surface area (Å²) in [6.45, 7) is 4.46. The van der Waals surface area contributed by atoms with Gasteiger partial charge in [0, 0.05) is 19.3 Å². The third kappa shape index (κ3) is 21.0. The number of carbonyl (C=O) groups excluding carboxylic acids is 2. The fourth-order valence-corrected chi connectivity index (χ4v) is 4.13. The number of likely N-dealkylation sites (N-methyl/N-ethyl adjacent to an activating group) is 1. The van der Waals surface area contributed by atoms with Crippen LogP contribution in [-0.4, -0.2) is 80.6 Å². The van der Waals surface area contributed by atoms with Gasteiger partial charge in [-0.05, 0) is 12.8 Å². The van der Waals surface area contributed by atoms with Crippen LogP contribution in [0.1, 0.15) is 117 Å². The van der Waals surface area contributed by atoms with Gasteiger partial charge in [0.05, 0.1) is 34.4 Å². The van der Waals surface area contributed by atoms with Crippen LogP contribution < -0.4 is 0 Å². The summed E-state index contributed by atoms with van der Waals surface area (Å²) in [6, 6.07) is -0.603. The molecule has 218 valence electrons. The molecule has 37 heavy (non-hydrogen) atoms. The maximum absolute atomic E-state index is 12.4. The van der Waals surface area contributed by atoms with E-state index in [0.29, 0.717) is 19.3 Å². The van der Waals surface area contributed by atoms with E-state index < -0.39 is 18.1 Å². The van der Waals surface area contributed by atoms with E-state index in [-0.39, 0.29) is 36.2 Å². The third-order valence-corrected chi connectivity index (χ3v) is 6.51. The van der Waals surface area contributed by atoms with Gasteiger partial charge in [-0.1, -0.05) is 84.5 Å². The van der Waals surface area contributed by atoms with Crippen LogP contribution in [0.2, 0.25) is 0 Å². The van der Waals surface area contributed by atoms with E-state index in [9.17, 15) is 19.5 Å². The molecule has 8 heteroatoms. The molecular weight excluding hydrogens is 474 g/mol. The van der Waals surface area contributed by atoms with Gasteiger partial charge in [0.1, 0.15) is 6.61 Å². The molecule has 0 fully saturated rings. The largest absolute Gasteiger partial charge is 0.477 e. The highest BCUT2D eigenvalue weighted by Gasteiger charge is 2.31. The van der Waals surface area contributed by atoms with Gasteiger partial charge in [0.25, 0.3) is 0 Å². The SMILES string of the molecule is CCCCCCCCCCCCCC(=O)OC(COCCC(C(=O)O)[N+](C)(C)C)COC(=O)CCCC. The number of hydrogen-bond acceptors (Lipinski definition) is 6. The van der Waals surface area contributed by atoms with Gasteiger partial charge in [-0.15, -0.1) is 0 Å². The minimum atomic E-state index is -0.879. The quantitative estimate of drug-likeness (QED) is 0.0891. The molecule has 0 aliphatic heterocycles. The lowest BCUT2D eigenvalue weighted by atomic mass is 10.1. The van der Waals surface area contributed by atoms with Crippen LogP contribution in [0.3, 0.4) is 0 Å². The van der Waals surface area contributed by atoms with Crippen LogP contribution in [0.5, 0.6) is 0 Å². The van der Waals surface area contributed by atoms with Gasteiger partial charge in [0.2, 0.25) is 0 Å². The average Bonchev–Trinajstić information content (AvgIpc) is 2.83. The molecular formula is C29H56NO7+. The van der Waals surface area contributed by atoms with E-state index in [4.69, 9.17) is 14.2 Å². The van der Waals surface area contributed by atoms with Crippen LogP contribution in [0.15, 0.2) is 0 Å². The normalized spacial score (nSPS) is 13.2. The van der Waals surface area contributed by atoms with E-state index in [2.05, 4.69) is 6.92 Å². The van der Waals surface area contributed by atoms with Gasteiger partial charge >= 0.3 is 17.9 Å². The van der Waals surface area contributed by atoms with Gasteiger partial charge < -0.3 is 23.8 Å². The molecule has 8 nitrogen and oxygen atoms in total. The number of carboxylic acid groups (broad SMARTS) is 1. The number of aliphatic carboxylic acids is 1. The second-order valence-corrected chi connectivity index (χ2v) is 11.0. The maximum Gasteiger partial charge on any atom is 0.362 e. The molecule has 0 aromatic heterocycles. The number of carboxylic acids is 1. The smallest absolute Gasteiger partial charge is 0.362 e. The van der Waals surface area contributed by atoms with E-state index in [1.807, 2.05) is 28.1 Å². The summed E-state index contributed by atoms with van der Waals surface area (Å²) >= 11 is 0. The topological polar surface area (TPSA) is 99.1 Å². The monoisotopic (exact) mass is 530 g/mol. The van der Waals surface area contributed by atoms with Crippen LogP contribution in [0, 0.1) is 0 Å². The zero-order valence-electron chi connectivity index (χ0n) is 24.4. The summed E-state index contributed by atoms with van der Waals surface area (Å²) in [4.78, 5) is 35.8. The predicted octanol–water partition coefficient (Wildman–Crippen LogP) is 5.90. The van der Waals surface area contributed by atoms with Gasteiger partial charge in [-0.3, -0.25) is 9.59 Å². The van der Waals surface area contributed by atoms with Crippen molar-refractivity contribution in [3.63, 3.8) is 0 Å². The first-order chi connectivity index (χ1) is 17.6. The molecule has 0 aliphatic rings. The molecule has 0 spiro atoms. The van der Waals surface area contributed by atoms with Crippen LogP contribution in [0.4, 0.5) is 0 Å². The number of hydrogen-bond donors (Lipinski definition) is 1. The van der Waals surface area contributed by atoms with Gasteiger partial charge in [-0.25, -0.2) is 4.79 Å². The molecule has 1 N–H and O–H groups in total. The molecule has 0 rings (SSSR count). The Morgan fingerprint density at radius 3 is 1.73 bits per heavy atom. The Balaban J connectivity index is 4.35. The first-order valence-electron chi connectivity index (χ1n) is 14.6. The van der Waals surface area contributed by atoms with Crippen molar-refractivity contribution in [1.82, 2.24) is 0 Å². The molecule has 0 saturated heterocycles. The fraction of sp³-hybridized carbons (Fsp3) is 0.897. The summed E-state index contributed by atoms with van der Waals surface area (Å²) in [7, 11) is 5.48. The molecule has 0 aliphatic carbocycles. The number of quaternary nitrogens is 1. The highest BCUT2D eigenvalue weighted by molar-refractivity contribution is 5.72. The minimum Gasteiger partial charge on any atom is -0.477 e. The lowest BCUT2D eigenvalue weighted by molar-refractivity contribution is -0.887. The minimum absolute atomic E-state index is 0.0514. The van der Waals surface area contributed by atoms with E-state index in [1.165, 1.54) is 51.4 Å². The van der Waals surface area contributed by atoms with E-state index in [1.54, 1.807) is 0 Å². The summed E-state index contributed by atoms with van der Waals surface area (Å²) in [5.74, 6) is -1.51. The first-order valence-corrected chi connectivity index (χ1v) is 14.6. The maximum atomic E-state index is 12.4. The number of esters is 2. The highest BCUT2D eigenvalue weighted by Crippen LogP contribution is 2.13. The van der Waals surface area contributed by atoms with Gasteiger partial charge in [-0.2, -0.15) is 0 Å². The molecule has 0 bridgehead atoms. The average molecular weight is 531 g/mol. The van der Waals surface area contributed by atoms with Crippen molar-refractivity contribution in [2.45, 2.75) is 129 Å². The number of nitrogens with zero attached hydrogens (tertiary/aromatic N) is 1. The molecule has 0 aromatic carbocycles. The van der Waals surface area contributed by atoms with Crippen molar-refractivity contribution in [3.8, 4) is 0 Å². The second kappa shape index (κ2) is 22.3. The van der Waals surface area contributed by atoms with Crippen molar-refractivity contribution in [2.75, 3.05) is 41.0 Å². The Morgan fingerprint density at radius 2 is 1.22 bits per heavy atom. The van der Waals surface area contributed by atoms with Crippen LogP contribution in [-0.2, 0) is 28.6 Å². The first kappa shape index (κ1) is 35.3. The lowest BCUT2D eigenvalue weighted by Crippen LogP contribution is -2.50. The van der Waals surface area contributed by atoms with Crippen LogP contribution in [0.25, 0.3) is 0 Å². The van der Waals surface area contributed by atoms with E-state index in [0.717, 1.165) is 32.1 Å². The lowest BCUT2D eigenvalue weighted by Gasteiger charge is -2.31. The molecule has 0 aromatic rings. The third-order valence-electron chi connectivity index (χ3n) is 6.51. The molecule has 2 unspecified atom stereocenters. The Morgan fingerprint density at radius 1 is 0.703 bits per heavy atom. The molecule has 0 amide bonds. The zero-order chi connectivity index (χ0) is 27.9. The van der Waals surface area contributed by atoms with Crippen molar-refractivity contribution in [1.29, 1.82) is 0 Å². The summed E-state index contributed by atoms with van der Waals surface area (Å²) < 4.78 is 16.8. The van der Waals surface area contributed by atoms with Crippen molar-refractivity contribution in [3.05, 3.63) is 0 Å². The number of rotatable bonds is 25. The van der Waals surface area contributed by atoms with Crippen molar-refractivity contribution >= 4 is 17.9 Å². The highest BCUT2D eigenvalue weighted by atomic mass is 16.6. The summed E-state index contributed by atoms with van der Waals surface area (Å²) in [5, 5.41) is 9.46. The van der Waals surface area contributed by atoms with Gasteiger partial charge in [0.15, 0.2) is 12.1 Å². The van der Waals surface area contributed by atoms with E-state index >= 15 is 0 Å². The Bertz CT molecular complexity index is 604. The number of ether oxygens (including phenoxy) is 3. The molecule has 2 atom stereocenters. The summed E-state index contributed by atoms with van der Waals surface area (Å²) in [5.41, 5.74) is 0. The zero-order valence-corrected chi connectivity index (χ0v) is 24.4. The Kier molecular flexibility index (Phi) is 21.3. The Labute approximate surface area is 226 Å². The summed E-state index contributed by atoms with van der Waals surface area (Å²) in [6.07, 6.45) is 15.3. The van der Waals surface area contributed by atoms with Crippen LogP contribution >= 0.6 is 0 Å². The number of unbranched alkanes of at least 4 members (excludes halogenated alkanes) is 11. The number of carbonyl (C=O) groups is 3. The second-order valence-electron chi connectivity index (χ2n) is 11.0. The predicted molar refractivity (Wildman–Crippen MR) is 146 cm³/mol.